The number of aromatic nitrogens is 3. The highest BCUT2D eigenvalue weighted by Crippen LogP contribution is 2.35. The number of nitrogen functional groups attached to an aromatic ring is 1. The van der Waals surface area contributed by atoms with E-state index in [1.165, 1.54) is 31.2 Å². The molecule has 1 aliphatic rings. The van der Waals surface area contributed by atoms with E-state index in [9.17, 15) is 22.8 Å². The van der Waals surface area contributed by atoms with Crippen molar-refractivity contribution in [2.75, 3.05) is 29.5 Å². The van der Waals surface area contributed by atoms with Crippen molar-refractivity contribution >= 4 is 40.2 Å². The number of aryl methyl sites for hydroxylation is 1. The van der Waals surface area contributed by atoms with Crippen LogP contribution in [0, 0.1) is 12.7 Å². The van der Waals surface area contributed by atoms with Crippen molar-refractivity contribution < 1.29 is 27.2 Å². The number of carbonyl (C=O) groups is 2. The lowest BCUT2D eigenvalue weighted by atomic mass is 10.0. The number of fused-ring (bicyclic) bond motifs is 1. The van der Waals surface area contributed by atoms with Gasteiger partial charge in [0.05, 0.1) is 17.5 Å². The summed E-state index contributed by atoms with van der Waals surface area (Å²) >= 11 is 0. The van der Waals surface area contributed by atoms with Gasteiger partial charge in [-0.25, -0.2) is 19.2 Å². The molecule has 3 heterocycles. The largest absolute Gasteiger partial charge is 0.416 e. The van der Waals surface area contributed by atoms with Crippen molar-refractivity contribution in [2.24, 2.45) is 0 Å². The first-order valence-electron chi connectivity index (χ1n) is 12.6. The second-order valence-corrected chi connectivity index (χ2v) is 9.52. The molecule has 0 aliphatic carbocycles. The Balaban J connectivity index is 1.41. The Morgan fingerprint density at radius 2 is 1.80 bits per heavy atom. The van der Waals surface area contributed by atoms with E-state index in [0.717, 1.165) is 29.5 Å². The minimum atomic E-state index is -4.56. The molecule has 1 aliphatic heterocycles. The van der Waals surface area contributed by atoms with E-state index >= 15 is 4.39 Å². The molecule has 0 atom stereocenters. The van der Waals surface area contributed by atoms with Gasteiger partial charge in [0.2, 0.25) is 5.91 Å². The molecule has 2 aromatic carbocycles. The third kappa shape index (κ3) is 5.55. The number of imidazole rings is 1. The number of halogens is 4. The Morgan fingerprint density at radius 1 is 1.07 bits per heavy atom. The number of urea groups is 1. The molecule has 0 radical (unpaired) electrons. The first-order chi connectivity index (χ1) is 19.4. The highest BCUT2D eigenvalue weighted by molar-refractivity contribution is 6.00. The second-order valence-electron chi connectivity index (χ2n) is 9.52. The molecule has 13 heteroatoms. The molecule has 0 fully saturated rings. The lowest BCUT2D eigenvalue weighted by Crippen LogP contribution is -2.32. The average molecular weight is 568 g/mol. The summed E-state index contributed by atoms with van der Waals surface area (Å²) in [6.07, 6.45) is -0.387. The molecule has 41 heavy (non-hydrogen) atoms. The zero-order valence-corrected chi connectivity index (χ0v) is 22.0. The molecule has 0 saturated heterocycles. The molecule has 0 spiro atoms. The number of hydrogen-bond donors (Lipinski definition) is 3. The molecular weight excluding hydrogens is 542 g/mol. The summed E-state index contributed by atoms with van der Waals surface area (Å²) in [5.41, 5.74) is 7.79. The van der Waals surface area contributed by atoms with Crippen LogP contribution in [-0.2, 0) is 11.0 Å². The molecule has 5 rings (SSSR count). The predicted molar refractivity (Wildman–Crippen MR) is 146 cm³/mol. The maximum Gasteiger partial charge on any atom is 0.416 e. The maximum atomic E-state index is 15.4. The van der Waals surface area contributed by atoms with Crippen LogP contribution < -0.4 is 16.4 Å². The van der Waals surface area contributed by atoms with E-state index in [4.69, 9.17) is 5.73 Å². The maximum absolute atomic E-state index is 15.4. The molecule has 9 nitrogen and oxygen atoms in total. The average Bonchev–Trinajstić information content (AvgIpc) is 3.26. The molecule has 4 aromatic rings. The predicted octanol–water partition coefficient (Wildman–Crippen LogP) is 5.72. The number of alkyl halides is 3. The Kier molecular flexibility index (Phi) is 7.11. The standard InChI is InChI=1S/C28H25F4N7O2/c1-15-35-24(25-26(33)34-14-23(39(15)25)17-8-10-38(11-9-17)16(2)40)21-7-6-20(13-22(21)29)37-27(41)36-19-5-3-4-18(12-19)28(30,31)32/h3-8,12-14H,9-11H2,1-2H3,(H2,33,34)(H2,36,37,41). The first-order valence-corrected chi connectivity index (χ1v) is 12.6. The van der Waals surface area contributed by atoms with Crippen molar-refractivity contribution in [3.63, 3.8) is 0 Å². The molecular formula is C28H25F4N7O2. The number of hydrogen-bond acceptors (Lipinski definition) is 5. The molecule has 0 saturated carbocycles. The molecule has 0 unspecified atom stereocenters. The van der Waals surface area contributed by atoms with Gasteiger partial charge in [0.25, 0.3) is 0 Å². The van der Waals surface area contributed by atoms with E-state index in [2.05, 4.69) is 20.6 Å². The van der Waals surface area contributed by atoms with Crippen LogP contribution in [0.1, 0.15) is 30.4 Å². The van der Waals surface area contributed by atoms with E-state index in [0.29, 0.717) is 30.9 Å². The second kappa shape index (κ2) is 10.6. The lowest BCUT2D eigenvalue weighted by Gasteiger charge is -2.25. The summed E-state index contributed by atoms with van der Waals surface area (Å²) < 4.78 is 56.0. The Bertz CT molecular complexity index is 1710. The van der Waals surface area contributed by atoms with Crippen LogP contribution in [0.2, 0.25) is 0 Å². The van der Waals surface area contributed by atoms with Gasteiger partial charge in [0, 0.05) is 37.0 Å². The summed E-state index contributed by atoms with van der Waals surface area (Å²) in [7, 11) is 0. The Labute approximate surface area is 231 Å². The summed E-state index contributed by atoms with van der Waals surface area (Å²) in [6, 6.07) is 7.26. The van der Waals surface area contributed by atoms with E-state index in [1.807, 2.05) is 6.08 Å². The smallest absolute Gasteiger partial charge is 0.382 e. The van der Waals surface area contributed by atoms with Crippen molar-refractivity contribution in [1.29, 1.82) is 0 Å². The molecule has 4 N–H and O–H groups in total. The minimum Gasteiger partial charge on any atom is -0.382 e. The summed E-state index contributed by atoms with van der Waals surface area (Å²) in [5, 5.41) is 4.73. The number of nitrogens with two attached hydrogens (primary N) is 1. The van der Waals surface area contributed by atoms with Gasteiger partial charge in [-0.15, -0.1) is 0 Å². The van der Waals surface area contributed by atoms with Gasteiger partial charge >= 0.3 is 12.2 Å². The van der Waals surface area contributed by atoms with E-state index < -0.39 is 23.6 Å². The van der Waals surface area contributed by atoms with Gasteiger partial charge in [-0.2, -0.15) is 13.2 Å². The number of benzene rings is 2. The Morgan fingerprint density at radius 3 is 2.44 bits per heavy atom. The fourth-order valence-corrected chi connectivity index (χ4v) is 4.77. The normalized spacial score (nSPS) is 13.7. The van der Waals surface area contributed by atoms with Crippen LogP contribution >= 0.6 is 0 Å². The number of nitrogens with zero attached hydrogens (tertiary/aromatic N) is 4. The van der Waals surface area contributed by atoms with Gasteiger partial charge in [0.1, 0.15) is 28.7 Å². The molecule has 0 bridgehead atoms. The van der Waals surface area contributed by atoms with Gasteiger partial charge in [0.15, 0.2) is 0 Å². The molecule has 212 valence electrons. The van der Waals surface area contributed by atoms with Crippen molar-refractivity contribution in [2.45, 2.75) is 26.4 Å². The number of rotatable bonds is 4. The fraction of sp³-hybridized carbons (Fsp3) is 0.214. The molecule has 3 amide bonds. The van der Waals surface area contributed by atoms with Gasteiger partial charge in [-0.05, 0) is 55.3 Å². The highest BCUT2D eigenvalue weighted by Gasteiger charge is 2.30. The number of carbonyl (C=O) groups excluding carboxylic acids is 2. The lowest BCUT2D eigenvalue weighted by molar-refractivity contribution is -0.137. The zero-order chi connectivity index (χ0) is 29.5. The quantitative estimate of drug-likeness (QED) is 0.273. The summed E-state index contributed by atoms with van der Waals surface area (Å²) in [5.74, 6) is -0.0200. The summed E-state index contributed by atoms with van der Waals surface area (Å²) in [4.78, 5) is 34.7. The van der Waals surface area contributed by atoms with Gasteiger partial charge in [-0.1, -0.05) is 12.1 Å². The van der Waals surface area contributed by atoms with Crippen molar-refractivity contribution in [1.82, 2.24) is 19.3 Å². The third-order valence-electron chi connectivity index (χ3n) is 6.77. The van der Waals surface area contributed by atoms with Gasteiger partial charge in [-0.3, -0.25) is 9.20 Å². The van der Waals surface area contributed by atoms with Crippen LogP contribution in [0.3, 0.4) is 0 Å². The topological polar surface area (TPSA) is 118 Å². The fourth-order valence-electron chi connectivity index (χ4n) is 4.77. The third-order valence-corrected chi connectivity index (χ3v) is 6.77. The van der Waals surface area contributed by atoms with Gasteiger partial charge < -0.3 is 21.3 Å². The van der Waals surface area contributed by atoms with Crippen LogP contribution in [0.25, 0.3) is 22.3 Å². The van der Waals surface area contributed by atoms with Crippen molar-refractivity contribution in [3.05, 3.63) is 77.6 Å². The van der Waals surface area contributed by atoms with Crippen LogP contribution in [0.15, 0.2) is 54.7 Å². The molecule has 2 aromatic heterocycles. The van der Waals surface area contributed by atoms with Crippen LogP contribution in [0.4, 0.5) is 39.5 Å². The summed E-state index contributed by atoms with van der Waals surface area (Å²) in [6.45, 7) is 4.29. The van der Waals surface area contributed by atoms with E-state index in [-0.39, 0.29) is 34.4 Å². The van der Waals surface area contributed by atoms with Crippen LogP contribution in [-0.4, -0.2) is 44.3 Å². The van der Waals surface area contributed by atoms with E-state index in [1.54, 1.807) is 22.4 Å². The van der Waals surface area contributed by atoms with Crippen LogP contribution in [0.5, 0.6) is 0 Å². The number of anilines is 3. The monoisotopic (exact) mass is 567 g/mol. The SMILES string of the molecule is CC(=O)N1CC=C(c2cnc(N)c3c(-c4ccc(NC(=O)Nc5cccc(C(F)(F)F)c5)cc4F)nc(C)n23)CC1. The minimum absolute atomic E-state index is 0.0106. The first kappa shape index (κ1) is 27.6. The number of nitrogens with one attached hydrogen (secondary N) is 2. The number of amides is 3. The highest BCUT2D eigenvalue weighted by atomic mass is 19.4. The zero-order valence-electron chi connectivity index (χ0n) is 22.0. The van der Waals surface area contributed by atoms with Crippen molar-refractivity contribution in [3.8, 4) is 11.3 Å². The Hall–Kier alpha value is -4.94.